The van der Waals surface area contributed by atoms with Crippen molar-refractivity contribution in [2.75, 3.05) is 12.4 Å². The van der Waals surface area contributed by atoms with E-state index >= 15 is 0 Å². The van der Waals surface area contributed by atoms with Crippen molar-refractivity contribution in [1.29, 1.82) is 0 Å². The smallest absolute Gasteiger partial charge is 0.165 e. The number of thiophene rings is 2. The van der Waals surface area contributed by atoms with Crippen LogP contribution >= 0.6 is 22.7 Å². The van der Waals surface area contributed by atoms with E-state index in [-0.39, 0.29) is 17.6 Å². The molecule has 0 bridgehead atoms. The Morgan fingerprint density at radius 3 is 2.24 bits per heavy atom. The number of benzene rings is 1. The highest BCUT2D eigenvalue weighted by Gasteiger charge is 2.16. The molecule has 0 aliphatic rings. The van der Waals surface area contributed by atoms with Gasteiger partial charge in [-0.3, -0.25) is 0 Å². The monoisotopic (exact) mass is 319 g/mol. The minimum Gasteiger partial charge on any atom is -0.494 e. The van der Waals surface area contributed by atoms with Gasteiger partial charge in [-0.25, -0.2) is 4.39 Å². The minimum absolute atomic E-state index is 0.0696. The first-order chi connectivity index (χ1) is 10.3. The molecule has 0 spiro atoms. The van der Waals surface area contributed by atoms with Crippen molar-refractivity contribution in [2.24, 2.45) is 0 Å². The van der Waals surface area contributed by atoms with E-state index in [4.69, 9.17) is 4.74 Å². The van der Waals surface area contributed by atoms with E-state index in [1.54, 1.807) is 34.8 Å². The van der Waals surface area contributed by atoms with Crippen molar-refractivity contribution >= 4 is 28.4 Å². The zero-order valence-corrected chi connectivity index (χ0v) is 13.0. The fraction of sp³-hybridized carbons (Fsp3) is 0.125. The number of nitrogens with one attached hydrogen (secondary N) is 1. The fourth-order valence-corrected chi connectivity index (χ4v) is 3.77. The Bertz CT molecular complexity index is 661. The largest absolute Gasteiger partial charge is 0.494 e. The van der Waals surface area contributed by atoms with Gasteiger partial charge in [0.15, 0.2) is 11.6 Å². The van der Waals surface area contributed by atoms with Crippen LogP contribution in [0.5, 0.6) is 5.75 Å². The summed E-state index contributed by atoms with van der Waals surface area (Å²) >= 11 is 3.40. The van der Waals surface area contributed by atoms with Crippen LogP contribution in [0.25, 0.3) is 0 Å². The van der Waals surface area contributed by atoms with Gasteiger partial charge in [0.25, 0.3) is 0 Å². The average Bonchev–Trinajstić information content (AvgIpc) is 3.20. The van der Waals surface area contributed by atoms with Crippen LogP contribution in [-0.2, 0) is 0 Å². The number of methoxy groups -OCH3 is 1. The van der Waals surface area contributed by atoms with Gasteiger partial charge in [0.05, 0.1) is 13.2 Å². The van der Waals surface area contributed by atoms with E-state index < -0.39 is 0 Å². The van der Waals surface area contributed by atoms with Crippen molar-refractivity contribution in [3.8, 4) is 5.75 Å². The standard InChI is InChI=1S/C16H14FNOS2/c1-19-13-10-11(6-7-12(13)17)18-16(14-4-2-8-20-14)15-5-3-9-21-15/h2-10,16,18H,1H3. The molecule has 21 heavy (non-hydrogen) atoms. The van der Waals surface area contributed by atoms with Gasteiger partial charge in [-0.15, -0.1) is 22.7 Å². The van der Waals surface area contributed by atoms with E-state index in [1.807, 2.05) is 12.1 Å². The van der Waals surface area contributed by atoms with Crippen LogP contribution in [0.4, 0.5) is 10.1 Å². The highest BCUT2D eigenvalue weighted by Crippen LogP contribution is 2.33. The topological polar surface area (TPSA) is 21.3 Å². The summed E-state index contributed by atoms with van der Waals surface area (Å²) in [6.07, 6.45) is 0. The third-order valence-corrected chi connectivity index (χ3v) is 4.99. The molecule has 0 amide bonds. The average molecular weight is 319 g/mol. The second-order valence-electron chi connectivity index (χ2n) is 4.46. The van der Waals surface area contributed by atoms with Crippen molar-refractivity contribution < 1.29 is 9.13 Å². The van der Waals surface area contributed by atoms with Crippen LogP contribution < -0.4 is 10.1 Å². The molecule has 0 radical (unpaired) electrons. The molecular weight excluding hydrogens is 305 g/mol. The van der Waals surface area contributed by atoms with Gasteiger partial charge in [-0.1, -0.05) is 12.1 Å². The maximum absolute atomic E-state index is 13.5. The van der Waals surface area contributed by atoms with E-state index in [9.17, 15) is 4.39 Å². The molecule has 3 rings (SSSR count). The Balaban J connectivity index is 1.92. The van der Waals surface area contributed by atoms with Gasteiger partial charge < -0.3 is 10.1 Å². The molecule has 0 saturated heterocycles. The Morgan fingerprint density at radius 2 is 1.71 bits per heavy atom. The molecule has 0 atom stereocenters. The van der Waals surface area contributed by atoms with Crippen LogP contribution in [0.2, 0.25) is 0 Å². The summed E-state index contributed by atoms with van der Waals surface area (Å²) in [5.74, 6) is -0.108. The highest BCUT2D eigenvalue weighted by atomic mass is 32.1. The molecule has 5 heteroatoms. The maximum Gasteiger partial charge on any atom is 0.165 e. The first-order valence-corrected chi connectivity index (χ1v) is 8.21. The molecule has 0 fully saturated rings. The van der Waals surface area contributed by atoms with Crippen molar-refractivity contribution in [3.63, 3.8) is 0 Å². The SMILES string of the molecule is COc1cc(NC(c2cccs2)c2cccs2)ccc1F. The third-order valence-electron chi connectivity index (χ3n) is 3.12. The molecule has 0 saturated carbocycles. The Labute approximate surface area is 130 Å². The predicted molar refractivity (Wildman–Crippen MR) is 87.1 cm³/mol. The summed E-state index contributed by atoms with van der Waals surface area (Å²) in [6.45, 7) is 0. The predicted octanol–water partition coefficient (Wildman–Crippen LogP) is 5.16. The normalized spacial score (nSPS) is 10.8. The first kappa shape index (κ1) is 14.1. The highest BCUT2D eigenvalue weighted by molar-refractivity contribution is 7.11. The fourth-order valence-electron chi connectivity index (χ4n) is 2.11. The van der Waals surface area contributed by atoms with E-state index in [0.29, 0.717) is 0 Å². The molecule has 2 heterocycles. The number of ether oxygens (including phenoxy) is 1. The lowest BCUT2D eigenvalue weighted by Crippen LogP contribution is -2.09. The maximum atomic E-state index is 13.5. The van der Waals surface area contributed by atoms with Gasteiger partial charge >= 0.3 is 0 Å². The summed E-state index contributed by atoms with van der Waals surface area (Å²) in [7, 11) is 1.47. The second-order valence-corrected chi connectivity index (χ2v) is 6.42. The number of rotatable bonds is 5. The number of anilines is 1. The van der Waals surface area contributed by atoms with E-state index in [1.165, 1.54) is 22.9 Å². The molecule has 2 nitrogen and oxygen atoms in total. The third kappa shape index (κ3) is 3.09. The first-order valence-electron chi connectivity index (χ1n) is 6.45. The van der Waals surface area contributed by atoms with Crippen LogP contribution in [0.1, 0.15) is 15.8 Å². The molecule has 2 aromatic heterocycles. The molecule has 0 unspecified atom stereocenters. The lowest BCUT2D eigenvalue weighted by molar-refractivity contribution is 0.387. The van der Waals surface area contributed by atoms with E-state index in [0.717, 1.165) is 5.69 Å². The van der Waals surface area contributed by atoms with Crippen LogP contribution in [0.15, 0.2) is 53.2 Å². The van der Waals surface area contributed by atoms with Crippen LogP contribution in [0, 0.1) is 5.82 Å². The van der Waals surface area contributed by atoms with Crippen LogP contribution in [0.3, 0.4) is 0 Å². The molecular formula is C16H14FNOS2. The summed E-state index contributed by atoms with van der Waals surface area (Å²) in [6, 6.07) is 13.2. The van der Waals surface area contributed by atoms with Crippen molar-refractivity contribution in [2.45, 2.75) is 6.04 Å². The Hall–Kier alpha value is -1.85. The van der Waals surface area contributed by atoms with Gasteiger partial charge in [0.2, 0.25) is 0 Å². The number of hydrogen-bond donors (Lipinski definition) is 1. The minimum atomic E-state index is -0.355. The van der Waals surface area contributed by atoms with Crippen molar-refractivity contribution in [1.82, 2.24) is 0 Å². The summed E-state index contributed by atoms with van der Waals surface area (Å²) in [5.41, 5.74) is 0.833. The van der Waals surface area contributed by atoms with Gasteiger partial charge in [0.1, 0.15) is 0 Å². The van der Waals surface area contributed by atoms with Crippen LogP contribution in [-0.4, -0.2) is 7.11 Å². The molecule has 108 valence electrons. The second kappa shape index (κ2) is 6.28. The molecule has 3 aromatic rings. The van der Waals surface area contributed by atoms with Gasteiger partial charge in [-0.05, 0) is 35.0 Å². The Kier molecular flexibility index (Phi) is 4.22. The molecule has 0 aliphatic carbocycles. The number of hydrogen-bond acceptors (Lipinski definition) is 4. The molecule has 0 aliphatic heterocycles. The lowest BCUT2D eigenvalue weighted by Gasteiger charge is -2.18. The van der Waals surface area contributed by atoms with E-state index in [2.05, 4.69) is 28.2 Å². The molecule has 1 N–H and O–H groups in total. The quantitative estimate of drug-likeness (QED) is 0.701. The summed E-state index contributed by atoms with van der Waals surface area (Å²) in [4.78, 5) is 2.45. The molecule has 1 aromatic carbocycles. The van der Waals surface area contributed by atoms with Crippen molar-refractivity contribution in [3.05, 3.63) is 68.8 Å². The van der Waals surface area contributed by atoms with Gasteiger partial charge in [0, 0.05) is 21.5 Å². The lowest BCUT2D eigenvalue weighted by atomic mass is 10.2. The number of halogens is 1. The Morgan fingerprint density at radius 1 is 1.05 bits per heavy atom. The van der Waals surface area contributed by atoms with Gasteiger partial charge in [-0.2, -0.15) is 0 Å². The zero-order chi connectivity index (χ0) is 14.7. The zero-order valence-electron chi connectivity index (χ0n) is 11.4. The summed E-state index contributed by atoms with van der Waals surface area (Å²) in [5, 5.41) is 7.58. The summed E-state index contributed by atoms with van der Waals surface area (Å²) < 4.78 is 18.5.